The summed E-state index contributed by atoms with van der Waals surface area (Å²) in [6, 6.07) is 0.695. The van der Waals surface area contributed by atoms with E-state index in [-0.39, 0.29) is 0 Å². The molecule has 0 aromatic heterocycles. The molecule has 17 heavy (non-hydrogen) atoms. The molecule has 0 radical (unpaired) electrons. The lowest BCUT2D eigenvalue weighted by atomic mass is 9.88. The summed E-state index contributed by atoms with van der Waals surface area (Å²) in [5.74, 6) is 1.82. The van der Waals surface area contributed by atoms with E-state index in [1.54, 1.807) is 0 Å². The molecule has 1 aliphatic heterocycles. The monoisotopic (exact) mass is 240 g/mol. The zero-order chi connectivity index (χ0) is 12.7. The van der Waals surface area contributed by atoms with E-state index in [2.05, 4.69) is 37.9 Å². The van der Waals surface area contributed by atoms with Gasteiger partial charge in [-0.05, 0) is 57.7 Å². The Labute approximate surface area is 108 Å². The van der Waals surface area contributed by atoms with Crippen molar-refractivity contribution in [2.75, 3.05) is 26.2 Å². The van der Waals surface area contributed by atoms with Crippen LogP contribution in [0.4, 0.5) is 0 Å². The van der Waals surface area contributed by atoms with Gasteiger partial charge in [0, 0.05) is 12.6 Å². The summed E-state index contributed by atoms with van der Waals surface area (Å²) in [7, 11) is 0. The Morgan fingerprint density at radius 3 is 2.65 bits per heavy atom. The number of unbranched alkanes of at least 4 members (excludes halogenated alkanes) is 1. The van der Waals surface area contributed by atoms with Gasteiger partial charge in [-0.2, -0.15) is 0 Å². The van der Waals surface area contributed by atoms with E-state index in [0.29, 0.717) is 6.04 Å². The zero-order valence-electron chi connectivity index (χ0n) is 12.3. The maximum Gasteiger partial charge on any atom is 0.00386 e. The summed E-state index contributed by atoms with van der Waals surface area (Å²) in [5, 5.41) is 3.48. The van der Waals surface area contributed by atoms with Crippen LogP contribution >= 0.6 is 0 Å². The highest BCUT2D eigenvalue weighted by molar-refractivity contribution is 4.75. The van der Waals surface area contributed by atoms with E-state index in [9.17, 15) is 0 Å². The third-order valence-corrected chi connectivity index (χ3v) is 4.33. The van der Waals surface area contributed by atoms with Gasteiger partial charge >= 0.3 is 0 Å². The van der Waals surface area contributed by atoms with Gasteiger partial charge in [0.15, 0.2) is 0 Å². The summed E-state index contributed by atoms with van der Waals surface area (Å²) in [5.41, 5.74) is 0. The minimum absolute atomic E-state index is 0.695. The normalized spacial score (nSPS) is 28.2. The van der Waals surface area contributed by atoms with E-state index in [4.69, 9.17) is 0 Å². The van der Waals surface area contributed by atoms with Crippen molar-refractivity contribution in [2.24, 2.45) is 11.8 Å². The van der Waals surface area contributed by atoms with Crippen LogP contribution in [0.3, 0.4) is 0 Å². The molecule has 3 atom stereocenters. The topological polar surface area (TPSA) is 15.3 Å². The number of rotatable bonds is 7. The van der Waals surface area contributed by atoms with Gasteiger partial charge in [-0.1, -0.05) is 27.2 Å². The van der Waals surface area contributed by atoms with Crippen LogP contribution < -0.4 is 5.32 Å². The van der Waals surface area contributed by atoms with Crippen molar-refractivity contribution in [1.82, 2.24) is 10.2 Å². The van der Waals surface area contributed by atoms with Crippen LogP contribution in [-0.4, -0.2) is 37.1 Å². The summed E-state index contributed by atoms with van der Waals surface area (Å²) >= 11 is 0. The molecule has 1 aliphatic rings. The van der Waals surface area contributed by atoms with E-state index >= 15 is 0 Å². The number of nitrogens with one attached hydrogen (secondary N) is 1. The average Bonchev–Trinajstić information content (AvgIpc) is 2.29. The number of piperidine rings is 1. The zero-order valence-corrected chi connectivity index (χ0v) is 12.3. The Hall–Kier alpha value is -0.0800. The molecule has 0 saturated carbocycles. The van der Waals surface area contributed by atoms with Crippen LogP contribution in [0.15, 0.2) is 0 Å². The Morgan fingerprint density at radius 1 is 1.24 bits per heavy atom. The predicted molar refractivity (Wildman–Crippen MR) is 76.4 cm³/mol. The highest BCUT2D eigenvalue weighted by Gasteiger charge is 2.21. The largest absolute Gasteiger partial charge is 0.315 e. The summed E-state index contributed by atoms with van der Waals surface area (Å²) < 4.78 is 0. The molecule has 1 fully saturated rings. The Bertz CT molecular complexity index is 193. The SMILES string of the molecule is CCNC(C)CCCCN1CCC(C)C(C)C1. The Balaban J connectivity index is 2.03. The fourth-order valence-corrected chi connectivity index (χ4v) is 2.79. The highest BCUT2D eigenvalue weighted by atomic mass is 15.1. The second-order valence-corrected chi connectivity index (χ2v) is 6.00. The molecule has 0 aromatic carbocycles. The molecule has 3 unspecified atom stereocenters. The molecule has 1 N–H and O–H groups in total. The number of nitrogens with zero attached hydrogens (tertiary/aromatic N) is 1. The van der Waals surface area contributed by atoms with Crippen molar-refractivity contribution in [3.63, 3.8) is 0 Å². The summed E-state index contributed by atoms with van der Waals surface area (Å²) in [4.78, 5) is 2.67. The van der Waals surface area contributed by atoms with Crippen molar-refractivity contribution in [2.45, 2.75) is 59.4 Å². The van der Waals surface area contributed by atoms with Crippen molar-refractivity contribution < 1.29 is 0 Å². The van der Waals surface area contributed by atoms with Crippen LogP contribution in [0.1, 0.15) is 53.4 Å². The molecule has 0 spiro atoms. The van der Waals surface area contributed by atoms with Crippen molar-refractivity contribution >= 4 is 0 Å². The number of hydrogen-bond acceptors (Lipinski definition) is 2. The van der Waals surface area contributed by atoms with Crippen LogP contribution in [0.5, 0.6) is 0 Å². The molecule has 2 nitrogen and oxygen atoms in total. The summed E-state index contributed by atoms with van der Waals surface area (Å²) in [6.45, 7) is 14.4. The molecule has 0 bridgehead atoms. The summed E-state index contributed by atoms with van der Waals surface area (Å²) in [6.07, 6.45) is 5.47. The van der Waals surface area contributed by atoms with Crippen LogP contribution in [0, 0.1) is 11.8 Å². The quantitative estimate of drug-likeness (QED) is 0.688. The van der Waals surface area contributed by atoms with Gasteiger partial charge in [0.2, 0.25) is 0 Å². The Kier molecular flexibility index (Phi) is 7.14. The second kappa shape index (κ2) is 8.10. The average molecular weight is 240 g/mol. The minimum atomic E-state index is 0.695. The first-order chi connectivity index (χ1) is 8.13. The lowest BCUT2D eigenvalue weighted by molar-refractivity contribution is 0.136. The molecule has 0 aliphatic carbocycles. The van der Waals surface area contributed by atoms with Gasteiger partial charge in [0.25, 0.3) is 0 Å². The molecule has 1 heterocycles. The minimum Gasteiger partial charge on any atom is -0.315 e. The van der Waals surface area contributed by atoms with E-state index in [1.165, 1.54) is 45.3 Å². The van der Waals surface area contributed by atoms with Gasteiger partial charge in [-0.3, -0.25) is 0 Å². The first-order valence-corrected chi connectivity index (χ1v) is 7.59. The van der Waals surface area contributed by atoms with Crippen molar-refractivity contribution in [3.8, 4) is 0 Å². The van der Waals surface area contributed by atoms with Crippen LogP contribution in [0.2, 0.25) is 0 Å². The lowest BCUT2D eigenvalue weighted by Gasteiger charge is -2.35. The molecule has 1 rings (SSSR count). The maximum absolute atomic E-state index is 3.48. The smallest absolute Gasteiger partial charge is 0.00386 e. The molecule has 0 aromatic rings. The van der Waals surface area contributed by atoms with E-state index in [0.717, 1.165) is 18.4 Å². The maximum atomic E-state index is 3.48. The molecule has 102 valence electrons. The number of likely N-dealkylation sites (tertiary alicyclic amines) is 1. The highest BCUT2D eigenvalue weighted by Crippen LogP contribution is 2.22. The van der Waals surface area contributed by atoms with Crippen LogP contribution in [0.25, 0.3) is 0 Å². The Morgan fingerprint density at radius 2 is 2.00 bits per heavy atom. The van der Waals surface area contributed by atoms with Gasteiger partial charge < -0.3 is 10.2 Å². The molecular formula is C15H32N2. The second-order valence-electron chi connectivity index (χ2n) is 6.00. The third kappa shape index (κ3) is 5.87. The van der Waals surface area contributed by atoms with Crippen molar-refractivity contribution in [1.29, 1.82) is 0 Å². The molecular weight excluding hydrogens is 208 g/mol. The number of hydrogen-bond donors (Lipinski definition) is 1. The molecule has 0 amide bonds. The van der Waals surface area contributed by atoms with Gasteiger partial charge in [-0.15, -0.1) is 0 Å². The molecule has 1 saturated heterocycles. The van der Waals surface area contributed by atoms with E-state index < -0.39 is 0 Å². The standard InChI is InChI=1S/C15H32N2/c1-5-16-15(4)8-6-7-10-17-11-9-13(2)14(3)12-17/h13-16H,5-12H2,1-4H3. The fraction of sp³-hybridized carbons (Fsp3) is 1.00. The van der Waals surface area contributed by atoms with E-state index in [1.807, 2.05) is 0 Å². The van der Waals surface area contributed by atoms with Gasteiger partial charge in [0.05, 0.1) is 0 Å². The van der Waals surface area contributed by atoms with Crippen LogP contribution in [-0.2, 0) is 0 Å². The lowest BCUT2D eigenvalue weighted by Crippen LogP contribution is -2.38. The third-order valence-electron chi connectivity index (χ3n) is 4.33. The molecule has 2 heteroatoms. The van der Waals surface area contributed by atoms with Crippen molar-refractivity contribution in [3.05, 3.63) is 0 Å². The van der Waals surface area contributed by atoms with Gasteiger partial charge in [-0.25, -0.2) is 0 Å². The van der Waals surface area contributed by atoms with Gasteiger partial charge in [0.1, 0.15) is 0 Å². The first kappa shape index (κ1) is 15.0. The first-order valence-electron chi connectivity index (χ1n) is 7.59. The fourth-order valence-electron chi connectivity index (χ4n) is 2.79. The predicted octanol–water partition coefficient (Wildman–Crippen LogP) is 3.13.